The van der Waals surface area contributed by atoms with E-state index in [4.69, 9.17) is 14.5 Å². The van der Waals surface area contributed by atoms with Gasteiger partial charge in [-0.3, -0.25) is 4.99 Å². The lowest BCUT2D eigenvalue weighted by molar-refractivity contribution is -0.159. The number of ether oxygens (including phenoxy) is 2. The van der Waals surface area contributed by atoms with Gasteiger partial charge < -0.3 is 9.47 Å². The molecule has 0 radical (unpaired) electrons. The highest BCUT2D eigenvalue weighted by molar-refractivity contribution is 6.13. The Morgan fingerprint density at radius 3 is 2.29 bits per heavy atom. The van der Waals surface area contributed by atoms with Gasteiger partial charge in [-0.05, 0) is 44.4 Å². The lowest BCUT2D eigenvalue weighted by atomic mass is 9.70. The van der Waals surface area contributed by atoms with Gasteiger partial charge in [-0.15, -0.1) is 0 Å². The summed E-state index contributed by atoms with van der Waals surface area (Å²) in [5, 5.41) is 0. The summed E-state index contributed by atoms with van der Waals surface area (Å²) in [6.07, 6.45) is 7.01. The highest BCUT2D eigenvalue weighted by Gasteiger charge is 2.46. The number of carbonyl (C=O) groups excluding carboxylic acids is 1. The fraction of sp³-hybridized carbons (Fsp3) is 0.481. The second-order valence-electron chi connectivity index (χ2n) is 8.81. The van der Waals surface area contributed by atoms with E-state index >= 15 is 0 Å². The third-order valence-electron chi connectivity index (χ3n) is 6.59. The largest absolute Gasteiger partial charge is 0.464 e. The van der Waals surface area contributed by atoms with Crippen LogP contribution in [-0.4, -0.2) is 36.5 Å². The van der Waals surface area contributed by atoms with Gasteiger partial charge in [-0.2, -0.15) is 0 Å². The molecule has 1 saturated heterocycles. The van der Waals surface area contributed by atoms with Crippen molar-refractivity contribution in [1.29, 1.82) is 0 Å². The van der Waals surface area contributed by atoms with E-state index in [1.807, 2.05) is 36.4 Å². The van der Waals surface area contributed by atoms with E-state index in [1.54, 1.807) is 0 Å². The number of hydrogen-bond donors (Lipinski definition) is 0. The van der Waals surface area contributed by atoms with Crippen molar-refractivity contribution < 1.29 is 14.3 Å². The smallest absolute Gasteiger partial charge is 0.331 e. The van der Waals surface area contributed by atoms with E-state index in [0.29, 0.717) is 13.2 Å². The van der Waals surface area contributed by atoms with Crippen LogP contribution in [0.1, 0.15) is 63.0 Å². The molecule has 2 fully saturated rings. The fourth-order valence-corrected chi connectivity index (χ4v) is 4.65. The first kappa shape index (κ1) is 21.8. The Morgan fingerprint density at radius 1 is 1.10 bits per heavy atom. The molecule has 0 amide bonds. The molecule has 2 aliphatic rings. The van der Waals surface area contributed by atoms with Crippen molar-refractivity contribution in [3.8, 4) is 0 Å². The van der Waals surface area contributed by atoms with Gasteiger partial charge in [0.25, 0.3) is 0 Å². The number of rotatable bonds is 8. The van der Waals surface area contributed by atoms with Gasteiger partial charge in [0.15, 0.2) is 6.04 Å². The number of aliphatic imine (C=N–C) groups is 1. The van der Waals surface area contributed by atoms with Crippen LogP contribution >= 0.6 is 0 Å². The number of carbonyl (C=O) groups is 1. The molecule has 4 rings (SSSR count). The van der Waals surface area contributed by atoms with Gasteiger partial charge in [-0.1, -0.05) is 74.0 Å². The summed E-state index contributed by atoms with van der Waals surface area (Å²) in [4.78, 5) is 18.4. The number of unbranched alkanes of at least 4 members (excludes halogenated alkanes) is 1. The molecule has 0 N–H and O–H groups in total. The summed E-state index contributed by atoms with van der Waals surface area (Å²) >= 11 is 0. The Bertz CT molecular complexity index is 832. The van der Waals surface area contributed by atoms with Crippen molar-refractivity contribution in [2.24, 2.45) is 10.9 Å². The van der Waals surface area contributed by atoms with Crippen molar-refractivity contribution in [2.45, 2.75) is 63.5 Å². The van der Waals surface area contributed by atoms with Crippen molar-refractivity contribution >= 4 is 11.7 Å². The predicted octanol–water partition coefficient (Wildman–Crippen LogP) is 5.59. The molecule has 2 atom stereocenters. The topological polar surface area (TPSA) is 47.9 Å². The molecule has 1 aliphatic carbocycles. The first-order valence-corrected chi connectivity index (χ1v) is 11.7. The van der Waals surface area contributed by atoms with Crippen LogP contribution in [0.5, 0.6) is 0 Å². The number of nitrogens with zero attached hydrogens (tertiary/aromatic N) is 1. The van der Waals surface area contributed by atoms with E-state index in [1.165, 1.54) is 6.42 Å². The quantitative estimate of drug-likeness (QED) is 0.319. The Morgan fingerprint density at radius 2 is 1.74 bits per heavy atom. The minimum atomic E-state index is -0.506. The number of benzene rings is 2. The van der Waals surface area contributed by atoms with Crippen LogP contribution in [-0.2, 0) is 14.3 Å². The van der Waals surface area contributed by atoms with Crippen molar-refractivity contribution in [3.63, 3.8) is 0 Å². The molecule has 4 heteroatoms. The van der Waals surface area contributed by atoms with Crippen LogP contribution in [0.4, 0.5) is 0 Å². The first-order valence-electron chi connectivity index (χ1n) is 11.7. The highest BCUT2D eigenvalue weighted by Crippen LogP contribution is 2.45. The zero-order valence-electron chi connectivity index (χ0n) is 18.5. The molecular weight excluding hydrogens is 386 g/mol. The Labute approximate surface area is 185 Å². The molecule has 2 unspecified atom stereocenters. The van der Waals surface area contributed by atoms with E-state index in [0.717, 1.165) is 55.4 Å². The maximum atomic E-state index is 13.3. The van der Waals surface area contributed by atoms with E-state index in [2.05, 4.69) is 31.2 Å². The summed E-state index contributed by atoms with van der Waals surface area (Å²) in [6.45, 7) is 3.26. The monoisotopic (exact) mass is 419 g/mol. The van der Waals surface area contributed by atoms with Crippen LogP contribution in [0.2, 0.25) is 0 Å². The SMILES string of the molecule is CCCCOC(=O)C(N=C(c1ccccc1)c1ccccc1)C1CCOC2(CCC2)C1. The Hall–Kier alpha value is -2.46. The summed E-state index contributed by atoms with van der Waals surface area (Å²) in [6, 6.07) is 19.8. The van der Waals surface area contributed by atoms with Crippen molar-refractivity contribution in [1.82, 2.24) is 0 Å². The predicted molar refractivity (Wildman–Crippen MR) is 123 cm³/mol. The first-order chi connectivity index (χ1) is 15.2. The minimum absolute atomic E-state index is 0.0416. The Balaban J connectivity index is 1.69. The zero-order chi connectivity index (χ0) is 21.5. The molecular formula is C27H33NO3. The molecule has 1 saturated carbocycles. The average Bonchev–Trinajstić information content (AvgIpc) is 2.80. The third kappa shape index (κ3) is 5.24. The summed E-state index contributed by atoms with van der Waals surface area (Å²) in [5.74, 6) is -0.0511. The maximum absolute atomic E-state index is 13.3. The van der Waals surface area contributed by atoms with Gasteiger partial charge in [0, 0.05) is 17.7 Å². The molecule has 31 heavy (non-hydrogen) atoms. The van der Waals surface area contributed by atoms with Crippen LogP contribution in [0.15, 0.2) is 65.7 Å². The van der Waals surface area contributed by atoms with Crippen molar-refractivity contribution in [3.05, 3.63) is 71.8 Å². The molecule has 1 heterocycles. The van der Waals surface area contributed by atoms with E-state index in [-0.39, 0.29) is 17.5 Å². The molecule has 4 nitrogen and oxygen atoms in total. The fourth-order valence-electron chi connectivity index (χ4n) is 4.65. The summed E-state index contributed by atoms with van der Waals surface area (Å²) in [7, 11) is 0. The van der Waals surface area contributed by atoms with Crippen LogP contribution in [0, 0.1) is 5.92 Å². The van der Waals surface area contributed by atoms with Gasteiger partial charge in [0.1, 0.15) is 0 Å². The summed E-state index contributed by atoms with van der Waals surface area (Å²) in [5.41, 5.74) is 2.85. The number of hydrogen-bond acceptors (Lipinski definition) is 4. The maximum Gasteiger partial charge on any atom is 0.331 e. The van der Waals surface area contributed by atoms with E-state index in [9.17, 15) is 4.79 Å². The molecule has 164 valence electrons. The molecule has 0 aromatic heterocycles. The third-order valence-corrected chi connectivity index (χ3v) is 6.59. The van der Waals surface area contributed by atoms with Crippen molar-refractivity contribution in [2.75, 3.05) is 13.2 Å². The minimum Gasteiger partial charge on any atom is -0.464 e. The van der Waals surface area contributed by atoms with Gasteiger partial charge in [-0.25, -0.2) is 4.79 Å². The second kappa shape index (κ2) is 10.2. The molecule has 1 aliphatic heterocycles. The standard InChI is InChI=1S/C27H33NO3/c1-2-3-18-30-26(29)25(23-15-19-31-27(20-23)16-10-17-27)28-24(21-11-6-4-7-12-21)22-13-8-5-9-14-22/h4-9,11-14,23,25H,2-3,10,15-20H2,1H3. The molecule has 2 aromatic carbocycles. The van der Waals surface area contributed by atoms with Gasteiger partial charge >= 0.3 is 5.97 Å². The van der Waals surface area contributed by atoms with Crippen LogP contribution in [0.3, 0.4) is 0 Å². The number of esters is 1. The normalized spacial score (nSPS) is 20.5. The highest BCUT2D eigenvalue weighted by atomic mass is 16.5. The average molecular weight is 420 g/mol. The second-order valence-corrected chi connectivity index (χ2v) is 8.81. The molecule has 1 spiro atoms. The molecule has 0 bridgehead atoms. The lowest BCUT2D eigenvalue weighted by Gasteiger charge is -2.48. The summed E-state index contributed by atoms with van der Waals surface area (Å²) < 4.78 is 11.8. The van der Waals surface area contributed by atoms with Gasteiger partial charge in [0.05, 0.1) is 17.9 Å². The Kier molecular flexibility index (Phi) is 7.18. The molecule has 2 aromatic rings. The van der Waals surface area contributed by atoms with E-state index < -0.39 is 6.04 Å². The lowest BCUT2D eigenvalue weighted by Crippen LogP contribution is -2.49. The zero-order valence-corrected chi connectivity index (χ0v) is 18.5. The van der Waals surface area contributed by atoms with Gasteiger partial charge in [0.2, 0.25) is 0 Å². The van der Waals surface area contributed by atoms with Crippen LogP contribution in [0.25, 0.3) is 0 Å². The van der Waals surface area contributed by atoms with Crippen LogP contribution < -0.4 is 0 Å².